The molecule has 0 saturated carbocycles. The minimum atomic E-state index is -6.06. The van der Waals surface area contributed by atoms with E-state index in [0.29, 0.717) is 12.8 Å². The molecule has 1 aromatic heterocycles. The first-order valence-electron chi connectivity index (χ1n) is 24.0. The Morgan fingerprint density at radius 3 is 1.59 bits per heavy atom. The first kappa shape index (κ1) is 63.7. The number of carbonyl (C=O) groups is 2. The highest BCUT2D eigenvalue weighted by Gasteiger charge is 2.46. The number of hydrogen-bond donors (Lipinski definition) is 5. The highest BCUT2D eigenvalue weighted by molar-refractivity contribution is 7.60. The van der Waals surface area contributed by atoms with E-state index < -0.39 is 83.7 Å². The first-order valence-corrected chi connectivity index (χ1v) is 26.9. The lowest BCUT2D eigenvalue weighted by atomic mass is 10.0. The Labute approximate surface area is 393 Å². The number of aliphatic hydroxyl groups excluding tert-OH is 2. The van der Waals surface area contributed by atoms with Gasteiger partial charge in [0.25, 0.3) is 0 Å². The van der Waals surface area contributed by atoms with Gasteiger partial charge in [-0.15, -0.1) is 0 Å². The number of carbonyl (C=O) groups excluding carboxylic acids is 2. The molecule has 388 valence electrons. The van der Waals surface area contributed by atoms with Gasteiger partial charge in [-0.1, -0.05) is 168 Å². The zero-order valence-electron chi connectivity index (χ0n) is 40.5. The second kappa shape index (κ2) is 37.6. The molecule has 0 amide bonds. The summed E-state index contributed by atoms with van der Waals surface area (Å²) in [6, 6.07) is 1.24. The van der Waals surface area contributed by atoms with Crippen LogP contribution in [0.5, 0.6) is 0 Å². The molecule has 66 heavy (non-hydrogen) atoms. The van der Waals surface area contributed by atoms with Crippen LogP contribution in [0.25, 0.3) is 0 Å². The van der Waals surface area contributed by atoms with Gasteiger partial charge in [0.15, 0.2) is 12.3 Å². The van der Waals surface area contributed by atoms with Crippen LogP contribution >= 0.6 is 15.6 Å². The number of hydrogen-bond acceptors (Lipinski definition) is 17. The van der Waals surface area contributed by atoms with Gasteiger partial charge >= 0.3 is 25.5 Å². The van der Waals surface area contributed by atoms with Gasteiger partial charge in [-0.25, -0.2) is 9.36 Å². The number of nitrogen functional groups attached to an aromatic ring is 1. The number of rotatable bonds is 40. The third kappa shape index (κ3) is 29.5. The lowest BCUT2D eigenvalue weighted by Gasteiger charge is -2.32. The molecule has 22 heteroatoms. The standard InChI is InChI=1S/C44H81N3O15P2.2H3N/c1-3-5-7-9-11-13-15-17-19-21-23-25-27-29-39(48)57-33-36(60-40(49)30-28-26-24-22-20-18-16-14-12-10-8-6-4-2)34-58-64(56,62-63(53,54)55)59-35-37-41(50)42(51)43(61-37)47-32-31-38(45)46-44(47)52;;/h31-32,36-37,41-43,50-51H,3-30,33-35H2,1-2H3,(H2,45,46,52)(H2,53,54,55);2*1H3. The molecule has 2 rings (SSSR count). The largest absolute Gasteiger partial charge is 0.789 e. The Kier molecular flexibility index (Phi) is 36.2. The third-order valence-electron chi connectivity index (χ3n) is 11.2. The van der Waals surface area contributed by atoms with Crippen molar-refractivity contribution in [3.05, 3.63) is 22.7 Å². The van der Waals surface area contributed by atoms with Crippen molar-refractivity contribution in [3.8, 4) is 0 Å². The quantitative estimate of drug-likeness (QED) is 0.0233. The molecule has 1 aliphatic heterocycles. The predicted octanol–water partition coefficient (Wildman–Crippen LogP) is 8.60. The van der Waals surface area contributed by atoms with Crippen LogP contribution in [0.2, 0.25) is 0 Å². The van der Waals surface area contributed by atoms with Crippen molar-refractivity contribution < 1.29 is 66.3 Å². The van der Waals surface area contributed by atoms with E-state index >= 15 is 0 Å². The summed E-state index contributed by atoms with van der Waals surface area (Å²) in [5.74, 6) is -1.36. The van der Waals surface area contributed by atoms with Gasteiger partial charge in [-0.3, -0.25) is 27.5 Å². The van der Waals surface area contributed by atoms with E-state index in [9.17, 15) is 43.5 Å². The molecule has 1 aromatic rings. The van der Waals surface area contributed by atoms with E-state index in [0.717, 1.165) is 62.1 Å². The fraction of sp³-hybridized carbons (Fsp3) is 0.864. The maximum absolute atomic E-state index is 13.5. The van der Waals surface area contributed by atoms with Crippen molar-refractivity contribution >= 4 is 33.4 Å². The molecular formula is C44H87N5O15P2. The number of anilines is 1. The van der Waals surface area contributed by atoms with Crippen LogP contribution in [0, 0.1) is 0 Å². The number of nitrogens with zero attached hydrogens (tertiary/aromatic N) is 2. The Hall–Kier alpha value is -2.32. The van der Waals surface area contributed by atoms with Crippen LogP contribution in [-0.4, -0.2) is 75.9 Å². The van der Waals surface area contributed by atoms with Crippen molar-refractivity contribution in [2.24, 2.45) is 0 Å². The molecule has 0 bridgehead atoms. The van der Waals surface area contributed by atoms with E-state index in [2.05, 4.69) is 23.1 Å². The van der Waals surface area contributed by atoms with Crippen molar-refractivity contribution in [1.82, 2.24) is 21.9 Å². The predicted molar refractivity (Wildman–Crippen MR) is 250 cm³/mol. The summed E-state index contributed by atoms with van der Waals surface area (Å²) < 4.78 is 56.8. The highest BCUT2D eigenvalue weighted by Crippen LogP contribution is 2.58. The van der Waals surface area contributed by atoms with Crippen LogP contribution in [0.1, 0.15) is 200 Å². The molecule has 0 spiro atoms. The summed E-state index contributed by atoms with van der Waals surface area (Å²) in [7, 11) is -11.4. The Morgan fingerprint density at radius 2 is 1.15 bits per heavy atom. The smallest absolute Gasteiger partial charge is 0.478 e. The Balaban J connectivity index is 0.0000211. The van der Waals surface area contributed by atoms with Crippen molar-refractivity contribution in [1.29, 1.82) is 0 Å². The van der Waals surface area contributed by atoms with Gasteiger partial charge in [0, 0.05) is 19.0 Å². The molecule has 6 unspecified atom stereocenters. The fourth-order valence-electron chi connectivity index (χ4n) is 7.46. The second-order valence-electron chi connectivity index (χ2n) is 16.9. The van der Waals surface area contributed by atoms with E-state index in [1.165, 1.54) is 109 Å². The summed E-state index contributed by atoms with van der Waals surface area (Å²) in [5.41, 5.74) is 4.59. The van der Waals surface area contributed by atoms with Gasteiger partial charge < -0.3 is 56.8 Å². The summed E-state index contributed by atoms with van der Waals surface area (Å²) in [4.78, 5) is 64.8. The third-order valence-corrected chi connectivity index (χ3v) is 13.7. The van der Waals surface area contributed by atoms with Crippen molar-refractivity contribution in [2.75, 3.05) is 25.6 Å². The molecule has 1 saturated heterocycles. The van der Waals surface area contributed by atoms with E-state index in [-0.39, 0.29) is 31.0 Å². The van der Waals surface area contributed by atoms with Gasteiger partial charge in [-0.05, 0) is 18.9 Å². The molecule has 12 N–H and O–H groups in total. The number of ether oxygens (including phenoxy) is 3. The fourth-order valence-corrected chi connectivity index (χ4v) is 9.57. The maximum Gasteiger partial charge on any atom is 0.478 e. The first-order chi connectivity index (χ1) is 30.7. The number of nitrogens with two attached hydrogens (primary N) is 1. The minimum Gasteiger partial charge on any atom is -0.789 e. The average molecular weight is 988 g/mol. The van der Waals surface area contributed by atoms with Crippen LogP contribution in [0.3, 0.4) is 0 Å². The Morgan fingerprint density at radius 1 is 0.712 bits per heavy atom. The SMILES string of the molecule is CCCCCCCCCCCCCCCC(=O)OCC(COP(=O)(OCC1OC(n2ccc(N)nc2=O)C(O)C1O)OP(=O)([O-])[O-])OC(=O)CCCCCCCCCCCCCCC.[NH4+].[NH4+]. The summed E-state index contributed by atoms with van der Waals surface area (Å²) in [6.07, 6.45) is 22.6. The maximum atomic E-state index is 13.5. The molecule has 0 aliphatic carbocycles. The minimum absolute atomic E-state index is 0. The van der Waals surface area contributed by atoms with Crippen LogP contribution in [0.4, 0.5) is 5.82 Å². The number of aliphatic hydroxyl groups is 2. The van der Waals surface area contributed by atoms with Crippen molar-refractivity contribution in [3.63, 3.8) is 0 Å². The molecule has 20 nitrogen and oxygen atoms in total. The number of esters is 2. The highest BCUT2D eigenvalue weighted by atomic mass is 31.3. The lowest BCUT2D eigenvalue weighted by Crippen LogP contribution is -2.36. The zero-order valence-corrected chi connectivity index (χ0v) is 42.3. The molecular weight excluding hydrogens is 900 g/mol. The number of unbranched alkanes of at least 4 members (excludes halogenated alkanes) is 24. The van der Waals surface area contributed by atoms with Gasteiger partial charge in [0.1, 0.15) is 30.7 Å². The average Bonchev–Trinajstić information content (AvgIpc) is 3.52. The Bertz CT molecular complexity index is 1570. The van der Waals surface area contributed by atoms with E-state index in [1.807, 2.05) is 0 Å². The van der Waals surface area contributed by atoms with Gasteiger partial charge in [-0.2, -0.15) is 4.98 Å². The second-order valence-corrected chi connectivity index (χ2v) is 19.9. The number of phosphoric acid groups is 2. The molecule has 2 heterocycles. The number of phosphoric ester groups is 1. The summed E-state index contributed by atoms with van der Waals surface area (Å²) in [6.45, 7) is 2.02. The molecule has 0 radical (unpaired) electrons. The number of aromatic nitrogens is 2. The van der Waals surface area contributed by atoms with Crippen LogP contribution in [0.15, 0.2) is 17.1 Å². The molecule has 0 aromatic carbocycles. The number of quaternary nitrogens is 2. The van der Waals surface area contributed by atoms with Gasteiger partial charge in [0.2, 0.25) is 0 Å². The van der Waals surface area contributed by atoms with Crippen molar-refractivity contribution in [2.45, 2.75) is 224 Å². The van der Waals surface area contributed by atoms with Gasteiger partial charge in [0.05, 0.1) is 21.0 Å². The lowest BCUT2D eigenvalue weighted by molar-refractivity contribution is -0.335. The molecule has 6 atom stereocenters. The molecule has 1 fully saturated rings. The summed E-state index contributed by atoms with van der Waals surface area (Å²) in [5, 5.41) is 21.2. The van der Waals surface area contributed by atoms with Crippen LogP contribution < -0.4 is 33.5 Å². The monoisotopic (exact) mass is 988 g/mol. The molecule has 1 aliphatic rings. The summed E-state index contributed by atoms with van der Waals surface area (Å²) >= 11 is 0. The van der Waals surface area contributed by atoms with Crippen LogP contribution in [-0.2, 0) is 46.3 Å². The topological polar surface area (TPSA) is 344 Å². The normalized spacial score (nSPS) is 18.5. The van der Waals surface area contributed by atoms with E-state index in [4.69, 9.17) is 29.0 Å². The van der Waals surface area contributed by atoms with E-state index in [1.54, 1.807) is 0 Å². The zero-order chi connectivity index (χ0) is 47.1.